The Morgan fingerprint density at radius 2 is 2.00 bits per heavy atom. The van der Waals surface area contributed by atoms with Crippen LogP contribution in [0.4, 0.5) is 4.79 Å². The molecule has 1 saturated heterocycles. The number of carbonyl (C=O) groups is 2. The number of carboxylic acids is 1. The number of carbonyl (C=O) groups excluding carboxylic acids is 1. The maximum atomic E-state index is 11.9. The van der Waals surface area contributed by atoms with E-state index in [4.69, 9.17) is 5.11 Å². The van der Waals surface area contributed by atoms with Crippen molar-refractivity contribution < 1.29 is 14.7 Å². The van der Waals surface area contributed by atoms with E-state index < -0.39 is 12.0 Å². The van der Waals surface area contributed by atoms with Crippen molar-refractivity contribution in [2.24, 2.45) is 5.41 Å². The van der Waals surface area contributed by atoms with Crippen LogP contribution < -0.4 is 5.32 Å². The van der Waals surface area contributed by atoms with Crippen LogP contribution in [0.2, 0.25) is 0 Å². The molecular formula is C12H22N2O3. The van der Waals surface area contributed by atoms with Gasteiger partial charge in [0.25, 0.3) is 0 Å². The van der Waals surface area contributed by atoms with E-state index in [1.165, 1.54) is 4.90 Å². The molecule has 17 heavy (non-hydrogen) atoms. The van der Waals surface area contributed by atoms with E-state index in [0.717, 1.165) is 12.8 Å². The normalized spacial score (nSPS) is 21.1. The van der Waals surface area contributed by atoms with E-state index in [2.05, 4.69) is 5.32 Å². The number of urea groups is 1. The first-order valence-corrected chi connectivity index (χ1v) is 6.08. The molecule has 1 aliphatic rings. The third-order valence-electron chi connectivity index (χ3n) is 2.82. The molecule has 1 unspecified atom stereocenters. The summed E-state index contributed by atoms with van der Waals surface area (Å²) in [5.74, 6) is -0.907. The van der Waals surface area contributed by atoms with Crippen molar-refractivity contribution >= 4 is 12.0 Å². The van der Waals surface area contributed by atoms with Gasteiger partial charge in [0.05, 0.1) is 0 Å². The molecule has 0 bridgehead atoms. The van der Waals surface area contributed by atoms with Gasteiger partial charge >= 0.3 is 12.0 Å². The second kappa shape index (κ2) is 5.38. The molecule has 0 aromatic rings. The summed E-state index contributed by atoms with van der Waals surface area (Å²) < 4.78 is 0. The minimum atomic E-state index is -0.907. The zero-order valence-electron chi connectivity index (χ0n) is 10.8. The largest absolute Gasteiger partial charge is 0.480 e. The molecule has 0 aromatic heterocycles. The van der Waals surface area contributed by atoms with Crippen LogP contribution in [0.15, 0.2) is 0 Å². The number of hydrogen-bond acceptors (Lipinski definition) is 2. The highest BCUT2D eigenvalue weighted by Gasteiger charge is 2.32. The molecule has 2 amide bonds. The summed E-state index contributed by atoms with van der Waals surface area (Å²) >= 11 is 0. The number of aliphatic carboxylic acids is 1. The van der Waals surface area contributed by atoms with E-state index in [-0.39, 0.29) is 11.4 Å². The van der Waals surface area contributed by atoms with Crippen molar-refractivity contribution in [1.29, 1.82) is 0 Å². The molecule has 0 radical (unpaired) electrons. The average molecular weight is 242 g/mol. The van der Waals surface area contributed by atoms with Crippen LogP contribution in [0, 0.1) is 5.41 Å². The predicted molar refractivity (Wildman–Crippen MR) is 64.8 cm³/mol. The first-order valence-electron chi connectivity index (χ1n) is 6.08. The highest BCUT2D eigenvalue weighted by molar-refractivity contribution is 5.82. The first-order chi connectivity index (χ1) is 7.81. The Hall–Kier alpha value is -1.26. The van der Waals surface area contributed by atoms with E-state index >= 15 is 0 Å². The summed E-state index contributed by atoms with van der Waals surface area (Å²) in [5, 5.41) is 11.9. The molecule has 5 heteroatoms. The number of nitrogens with zero attached hydrogens (tertiary/aromatic N) is 1. The third kappa shape index (κ3) is 4.24. The molecular weight excluding hydrogens is 220 g/mol. The fraction of sp³-hybridized carbons (Fsp3) is 0.833. The zero-order valence-corrected chi connectivity index (χ0v) is 10.8. The smallest absolute Gasteiger partial charge is 0.326 e. The second-order valence-corrected chi connectivity index (χ2v) is 5.76. The van der Waals surface area contributed by atoms with E-state index in [0.29, 0.717) is 19.5 Å². The van der Waals surface area contributed by atoms with Crippen molar-refractivity contribution in [3.05, 3.63) is 0 Å². The average Bonchev–Trinajstić information content (AvgIpc) is 2.25. The first kappa shape index (κ1) is 13.8. The van der Waals surface area contributed by atoms with Crippen LogP contribution in [0.3, 0.4) is 0 Å². The fourth-order valence-electron chi connectivity index (χ4n) is 1.87. The number of amides is 2. The summed E-state index contributed by atoms with van der Waals surface area (Å²) in [6.45, 7) is 7.16. The molecule has 2 N–H and O–H groups in total. The minimum Gasteiger partial charge on any atom is -0.480 e. The molecule has 0 spiro atoms. The highest BCUT2D eigenvalue weighted by Crippen LogP contribution is 2.18. The van der Waals surface area contributed by atoms with Gasteiger partial charge in [-0.25, -0.2) is 9.59 Å². The molecule has 1 aliphatic heterocycles. The summed E-state index contributed by atoms with van der Waals surface area (Å²) in [6.07, 6.45) is 2.31. The van der Waals surface area contributed by atoms with Crippen molar-refractivity contribution in [3.8, 4) is 0 Å². The van der Waals surface area contributed by atoms with Crippen LogP contribution in [-0.2, 0) is 4.79 Å². The number of piperidine rings is 1. The lowest BCUT2D eigenvalue weighted by Crippen LogP contribution is -2.52. The Kier molecular flexibility index (Phi) is 4.37. The maximum Gasteiger partial charge on any atom is 0.326 e. The van der Waals surface area contributed by atoms with E-state index in [9.17, 15) is 9.59 Å². The Bertz CT molecular complexity index is 297. The van der Waals surface area contributed by atoms with Crippen LogP contribution in [0.1, 0.15) is 40.0 Å². The van der Waals surface area contributed by atoms with Crippen LogP contribution in [-0.4, -0.2) is 41.1 Å². The predicted octanol–water partition coefficient (Wildman–Crippen LogP) is 1.68. The Balaban J connectivity index is 2.56. The standard InChI is InChI=1S/C12H22N2O3/c1-12(2,3)8-13-11(17)14-7-5-4-6-9(14)10(15)16/h9H,4-8H2,1-3H3,(H,13,17)(H,15,16). The molecule has 0 saturated carbocycles. The zero-order chi connectivity index (χ0) is 13.1. The maximum absolute atomic E-state index is 11.9. The van der Waals surface area contributed by atoms with Crippen LogP contribution in [0.25, 0.3) is 0 Å². The molecule has 0 aliphatic carbocycles. The molecule has 98 valence electrons. The van der Waals surface area contributed by atoms with Gasteiger partial charge in [-0.3, -0.25) is 0 Å². The van der Waals surface area contributed by atoms with Crippen LogP contribution >= 0.6 is 0 Å². The fourth-order valence-corrected chi connectivity index (χ4v) is 1.87. The SMILES string of the molecule is CC(C)(C)CNC(=O)N1CCCCC1C(=O)O. The quantitative estimate of drug-likeness (QED) is 0.774. The monoisotopic (exact) mass is 242 g/mol. The lowest BCUT2D eigenvalue weighted by molar-refractivity contribution is -0.143. The van der Waals surface area contributed by atoms with Gasteiger partial charge in [-0.1, -0.05) is 20.8 Å². The summed E-state index contributed by atoms with van der Waals surface area (Å²) in [5.41, 5.74) is 0.00413. The Morgan fingerprint density at radius 1 is 1.35 bits per heavy atom. The van der Waals surface area contributed by atoms with Gasteiger partial charge < -0.3 is 15.3 Å². The number of nitrogens with one attached hydrogen (secondary N) is 1. The number of likely N-dealkylation sites (tertiary alicyclic amines) is 1. The second-order valence-electron chi connectivity index (χ2n) is 5.76. The Labute approximate surface area is 102 Å². The molecule has 1 fully saturated rings. The Morgan fingerprint density at radius 3 is 2.53 bits per heavy atom. The molecule has 1 heterocycles. The van der Waals surface area contributed by atoms with Gasteiger partial charge in [-0.15, -0.1) is 0 Å². The number of rotatable bonds is 2. The molecule has 1 atom stereocenters. The van der Waals surface area contributed by atoms with Crippen LogP contribution in [0.5, 0.6) is 0 Å². The number of carboxylic acid groups (broad SMARTS) is 1. The topological polar surface area (TPSA) is 69.6 Å². The van der Waals surface area contributed by atoms with E-state index in [1.54, 1.807) is 0 Å². The van der Waals surface area contributed by atoms with Gasteiger partial charge in [-0.05, 0) is 24.7 Å². The van der Waals surface area contributed by atoms with Crippen molar-refractivity contribution in [3.63, 3.8) is 0 Å². The summed E-state index contributed by atoms with van der Waals surface area (Å²) in [4.78, 5) is 24.4. The van der Waals surface area contributed by atoms with Crippen molar-refractivity contribution in [1.82, 2.24) is 10.2 Å². The molecule has 1 rings (SSSR count). The van der Waals surface area contributed by atoms with Crippen molar-refractivity contribution in [2.45, 2.75) is 46.1 Å². The van der Waals surface area contributed by atoms with Gasteiger partial charge in [-0.2, -0.15) is 0 Å². The molecule has 0 aromatic carbocycles. The van der Waals surface area contributed by atoms with Gasteiger partial charge in [0.2, 0.25) is 0 Å². The van der Waals surface area contributed by atoms with Gasteiger partial charge in [0, 0.05) is 13.1 Å². The van der Waals surface area contributed by atoms with Gasteiger partial charge in [0.15, 0.2) is 0 Å². The van der Waals surface area contributed by atoms with Gasteiger partial charge in [0.1, 0.15) is 6.04 Å². The lowest BCUT2D eigenvalue weighted by atomic mass is 9.97. The highest BCUT2D eigenvalue weighted by atomic mass is 16.4. The third-order valence-corrected chi connectivity index (χ3v) is 2.82. The minimum absolute atomic E-state index is 0.00413. The lowest BCUT2D eigenvalue weighted by Gasteiger charge is -2.33. The van der Waals surface area contributed by atoms with Crippen molar-refractivity contribution in [2.75, 3.05) is 13.1 Å². The summed E-state index contributed by atoms with van der Waals surface area (Å²) in [6, 6.07) is -0.921. The summed E-state index contributed by atoms with van der Waals surface area (Å²) in [7, 11) is 0. The number of hydrogen-bond donors (Lipinski definition) is 2. The molecule has 5 nitrogen and oxygen atoms in total. The van der Waals surface area contributed by atoms with E-state index in [1.807, 2.05) is 20.8 Å².